The Bertz CT molecular complexity index is 579. The van der Waals surface area contributed by atoms with Crippen molar-refractivity contribution in [1.82, 2.24) is 15.4 Å². The molecule has 0 spiro atoms. The molecule has 1 aromatic carbocycles. The molecule has 1 atom stereocenters. The van der Waals surface area contributed by atoms with Gasteiger partial charge in [-0.1, -0.05) is 6.07 Å². The van der Waals surface area contributed by atoms with Crippen LogP contribution in [0.4, 0.5) is 8.78 Å². The molecule has 1 unspecified atom stereocenters. The molecule has 0 saturated carbocycles. The van der Waals surface area contributed by atoms with Crippen LogP contribution >= 0.6 is 0 Å². The number of hydrogen-bond donors (Lipinski definition) is 2. The lowest BCUT2D eigenvalue weighted by Gasteiger charge is -2.18. The number of benzene rings is 1. The molecule has 100 valence electrons. The summed E-state index contributed by atoms with van der Waals surface area (Å²) < 4.78 is 31.8. The van der Waals surface area contributed by atoms with E-state index in [1.54, 1.807) is 0 Å². The van der Waals surface area contributed by atoms with Gasteiger partial charge in [-0.05, 0) is 6.07 Å². The minimum atomic E-state index is -0.788. The number of hydrazine groups is 1. The summed E-state index contributed by atoms with van der Waals surface area (Å²) in [5.41, 5.74) is 2.90. The fraction of sp³-hybridized carbons (Fsp3) is 0.167. The molecule has 0 saturated heterocycles. The predicted molar refractivity (Wildman–Crippen MR) is 64.1 cm³/mol. The highest BCUT2D eigenvalue weighted by molar-refractivity contribution is 5.33. The van der Waals surface area contributed by atoms with Crippen molar-refractivity contribution in [2.75, 3.05) is 7.11 Å². The van der Waals surface area contributed by atoms with Crippen LogP contribution < -0.4 is 16.0 Å². The van der Waals surface area contributed by atoms with Gasteiger partial charge in [0.15, 0.2) is 0 Å². The Morgan fingerprint density at radius 3 is 2.63 bits per heavy atom. The Balaban J connectivity index is 2.50. The second-order valence-corrected chi connectivity index (χ2v) is 3.72. The largest absolute Gasteiger partial charge is 0.480 e. The lowest BCUT2D eigenvalue weighted by atomic mass is 10.0. The summed E-state index contributed by atoms with van der Waals surface area (Å²) in [5.74, 6) is 4.26. The number of rotatable bonds is 4. The predicted octanol–water partition coefficient (Wildman–Crippen LogP) is 1.32. The first-order valence-electron chi connectivity index (χ1n) is 5.43. The first kappa shape index (κ1) is 13.3. The number of nitrogens with two attached hydrogens (primary N) is 1. The van der Waals surface area contributed by atoms with Crippen molar-refractivity contribution in [3.63, 3.8) is 0 Å². The number of halogens is 2. The van der Waals surface area contributed by atoms with Crippen molar-refractivity contribution in [3.8, 4) is 5.88 Å². The van der Waals surface area contributed by atoms with Gasteiger partial charge in [-0.2, -0.15) is 0 Å². The van der Waals surface area contributed by atoms with Gasteiger partial charge in [-0.25, -0.2) is 19.2 Å². The molecule has 3 N–H and O–H groups in total. The van der Waals surface area contributed by atoms with E-state index in [0.717, 1.165) is 12.1 Å². The van der Waals surface area contributed by atoms with Gasteiger partial charge in [0.25, 0.3) is 0 Å². The van der Waals surface area contributed by atoms with E-state index < -0.39 is 17.7 Å². The maximum atomic E-state index is 13.8. The van der Waals surface area contributed by atoms with Crippen LogP contribution in [0.1, 0.15) is 17.3 Å². The maximum Gasteiger partial charge on any atom is 0.237 e. The molecule has 0 amide bonds. The van der Waals surface area contributed by atoms with Crippen LogP contribution in [-0.2, 0) is 0 Å². The molecular weight excluding hydrogens is 254 g/mol. The summed E-state index contributed by atoms with van der Waals surface area (Å²) in [6.45, 7) is 0. The Hall–Kier alpha value is -2.12. The molecule has 5 nitrogen and oxygen atoms in total. The topological polar surface area (TPSA) is 73.1 Å². The van der Waals surface area contributed by atoms with Crippen molar-refractivity contribution in [3.05, 3.63) is 53.5 Å². The molecule has 1 aromatic heterocycles. The molecule has 0 bridgehead atoms. The monoisotopic (exact) mass is 266 g/mol. The summed E-state index contributed by atoms with van der Waals surface area (Å²) in [6.07, 6.45) is 2.88. The number of methoxy groups -OCH3 is 1. The minimum absolute atomic E-state index is 0.155. The van der Waals surface area contributed by atoms with Crippen LogP contribution in [0.5, 0.6) is 5.88 Å². The average Bonchev–Trinajstić information content (AvgIpc) is 2.42. The highest BCUT2D eigenvalue weighted by Gasteiger charge is 2.22. The van der Waals surface area contributed by atoms with E-state index in [2.05, 4.69) is 15.4 Å². The fourth-order valence-corrected chi connectivity index (χ4v) is 1.74. The third-order valence-corrected chi connectivity index (χ3v) is 2.60. The highest BCUT2D eigenvalue weighted by Crippen LogP contribution is 2.27. The molecule has 19 heavy (non-hydrogen) atoms. The maximum absolute atomic E-state index is 13.8. The third-order valence-electron chi connectivity index (χ3n) is 2.60. The van der Waals surface area contributed by atoms with E-state index in [1.807, 2.05) is 0 Å². The van der Waals surface area contributed by atoms with Crippen molar-refractivity contribution in [2.45, 2.75) is 6.04 Å². The van der Waals surface area contributed by atoms with Gasteiger partial charge in [0.1, 0.15) is 17.3 Å². The quantitative estimate of drug-likeness (QED) is 0.645. The minimum Gasteiger partial charge on any atom is -0.480 e. The van der Waals surface area contributed by atoms with Gasteiger partial charge in [0.2, 0.25) is 5.88 Å². The van der Waals surface area contributed by atoms with Crippen LogP contribution in [-0.4, -0.2) is 17.1 Å². The lowest BCUT2D eigenvalue weighted by Crippen LogP contribution is -2.30. The summed E-state index contributed by atoms with van der Waals surface area (Å²) in [7, 11) is 1.42. The summed E-state index contributed by atoms with van der Waals surface area (Å²) >= 11 is 0. The summed E-state index contributed by atoms with van der Waals surface area (Å²) in [6, 6.07) is 2.43. The van der Waals surface area contributed by atoms with Gasteiger partial charge < -0.3 is 4.74 Å². The van der Waals surface area contributed by atoms with E-state index >= 15 is 0 Å². The molecule has 0 fully saturated rings. The molecule has 0 radical (unpaired) electrons. The highest BCUT2D eigenvalue weighted by atomic mass is 19.1. The zero-order valence-corrected chi connectivity index (χ0v) is 10.1. The SMILES string of the molecule is COc1nccnc1C(NN)c1ccc(F)cc1F. The molecule has 7 heteroatoms. The standard InChI is InChI=1S/C12H12F2N4O/c1-19-12-11(16-4-5-17-12)10(18-15)8-3-2-7(13)6-9(8)14/h2-6,10,18H,15H2,1H3. The second kappa shape index (κ2) is 5.68. The number of hydrogen-bond acceptors (Lipinski definition) is 5. The first-order chi connectivity index (χ1) is 9.17. The average molecular weight is 266 g/mol. The third kappa shape index (κ3) is 2.67. The first-order valence-corrected chi connectivity index (χ1v) is 5.43. The Morgan fingerprint density at radius 2 is 2.00 bits per heavy atom. The van der Waals surface area contributed by atoms with E-state index in [4.69, 9.17) is 10.6 Å². The molecule has 2 rings (SSSR count). The Labute approximate surface area is 108 Å². The van der Waals surface area contributed by atoms with Crippen molar-refractivity contribution in [1.29, 1.82) is 0 Å². The van der Waals surface area contributed by atoms with Gasteiger partial charge in [0.05, 0.1) is 13.2 Å². The normalized spacial score (nSPS) is 12.2. The smallest absolute Gasteiger partial charge is 0.237 e. The fourth-order valence-electron chi connectivity index (χ4n) is 1.74. The van der Waals surface area contributed by atoms with Crippen LogP contribution in [0.2, 0.25) is 0 Å². The molecule has 2 aromatic rings. The van der Waals surface area contributed by atoms with Crippen LogP contribution in [0, 0.1) is 11.6 Å². The Kier molecular flexibility index (Phi) is 3.98. The molecule has 0 aliphatic carbocycles. The lowest BCUT2D eigenvalue weighted by molar-refractivity contribution is 0.381. The molecule has 1 heterocycles. The van der Waals surface area contributed by atoms with E-state index in [1.165, 1.54) is 25.6 Å². The Morgan fingerprint density at radius 1 is 1.26 bits per heavy atom. The number of nitrogens with one attached hydrogen (secondary N) is 1. The van der Waals surface area contributed by atoms with Crippen LogP contribution in [0.15, 0.2) is 30.6 Å². The van der Waals surface area contributed by atoms with Crippen molar-refractivity contribution in [2.24, 2.45) is 5.84 Å². The number of ether oxygens (including phenoxy) is 1. The number of aromatic nitrogens is 2. The summed E-state index contributed by atoms with van der Waals surface area (Å²) in [5, 5.41) is 0. The molecular formula is C12H12F2N4O. The van der Waals surface area contributed by atoms with Gasteiger partial charge >= 0.3 is 0 Å². The van der Waals surface area contributed by atoms with Crippen LogP contribution in [0.25, 0.3) is 0 Å². The van der Waals surface area contributed by atoms with Gasteiger partial charge in [0, 0.05) is 24.0 Å². The van der Waals surface area contributed by atoms with Gasteiger partial charge in [-0.15, -0.1) is 0 Å². The van der Waals surface area contributed by atoms with E-state index in [-0.39, 0.29) is 11.4 Å². The zero-order valence-electron chi connectivity index (χ0n) is 10.1. The second-order valence-electron chi connectivity index (χ2n) is 3.72. The molecule has 0 aliphatic rings. The zero-order chi connectivity index (χ0) is 13.8. The molecule has 0 aliphatic heterocycles. The van der Waals surface area contributed by atoms with Crippen molar-refractivity contribution < 1.29 is 13.5 Å². The van der Waals surface area contributed by atoms with Crippen molar-refractivity contribution >= 4 is 0 Å². The summed E-state index contributed by atoms with van der Waals surface area (Å²) in [4.78, 5) is 8.03. The van der Waals surface area contributed by atoms with E-state index in [0.29, 0.717) is 5.69 Å². The van der Waals surface area contributed by atoms with Gasteiger partial charge in [-0.3, -0.25) is 10.8 Å². The van der Waals surface area contributed by atoms with Crippen LogP contribution in [0.3, 0.4) is 0 Å². The van der Waals surface area contributed by atoms with E-state index in [9.17, 15) is 8.78 Å². The number of nitrogens with zero attached hydrogens (tertiary/aromatic N) is 2.